The van der Waals surface area contributed by atoms with Gasteiger partial charge in [0.2, 0.25) is 0 Å². The zero-order chi connectivity index (χ0) is 14.7. The molecule has 3 rings (SSSR count). The molecule has 4 nitrogen and oxygen atoms in total. The number of ether oxygens (including phenoxy) is 1. The van der Waals surface area contributed by atoms with Gasteiger partial charge in [0, 0.05) is 13.1 Å². The van der Waals surface area contributed by atoms with Gasteiger partial charge in [-0.3, -0.25) is 4.79 Å². The minimum atomic E-state index is -0.413. The van der Waals surface area contributed by atoms with Crippen molar-refractivity contribution in [1.29, 1.82) is 0 Å². The Balaban J connectivity index is 1.57. The summed E-state index contributed by atoms with van der Waals surface area (Å²) in [7, 11) is 0. The Labute approximate surface area is 126 Å². The van der Waals surface area contributed by atoms with Gasteiger partial charge in [-0.25, -0.2) is 0 Å². The highest BCUT2D eigenvalue weighted by atomic mass is 16.5. The lowest BCUT2D eigenvalue weighted by Gasteiger charge is -2.25. The summed E-state index contributed by atoms with van der Waals surface area (Å²) in [4.78, 5) is 14.6. The van der Waals surface area contributed by atoms with E-state index in [0.29, 0.717) is 0 Å². The van der Waals surface area contributed by atoms with Gasteiger partial charge in [-0.05, 0) is 56.8 Å². The third kappa shape index (κ3) is 3.38. The SMILES string of the molecule is CC(Oc1ccccc1)C(=O)N1CC[C@@H]2CNC[C@@H]2CC1. The summed E-state index contributed by atoms with van der Waals surface area (Å²) in [6.45, 7) is 5.81. The largest absolute Gasteiger partial charge is 0.481 e. The third-order valence-electron chi connectivity index (χ3n) is 4.73. The van der Waals surface area contributed by atoms with E-state index in [4.69, 9.17) is 4.74 Å². The van der Waals surface area contributed by atoms with E-state index in [1.807, 2.05) is 42.2 Å². The molecule has 4 heteroatoms. The van der Waals surface area contributed by atoms with E-state index >= 15 is 0 Å². The van der Waals surface area contributed by atoms with Crippen LogP contribution in [0.25, 0.3) is 0 Å². The second-order valence-electron chi connectivity index (χ2n) is 6.15. The van der Waals surface area contributed by atoms with Gasteiger partial charge in [-0.2, -0.15) is 0 Å². The van der Waals surface area contributed by atoms with Crippen LogP contribution in [0.4, 0.5) is 0 Å². The number of carbonyl (C=O) groups excluding carboxylic acids is 1. The Morgan fingerprint density at radius 1 is 1.19 bits per heavy atom. The van der Waals surface area contributed by atoms with Crippen molar-refractivity contribution in [2.24, 2.45) is 11.8 Å². The summed E-state index contributed by atoms with van der Waals surface area (Å²) < 4.78 is 5.76. The van der Waals surface area contributed by atoms with Crippen LogP contribution >= 0.6 is 0 Å². The van der Waals surface area contributed by atoms with Crippen molar-refractivity contribution in [3.63, 3.8) is 0 Å². The number of likely N-dealkylation sites (tertiary alicyclic amines) is 1. The number of carbonyl (C=O) groups is 1. The van der Waals surface area contributed by atoms with Gasteiger partial charge >= 0.3 is 0 Å². The van der Waals surface area contributed by atoms with Gasteiger partial charge in [-0.15, -0.1) is 0 Å². The molecule has 1 N–H and O–H groups in total. The van der Waals surface area contributed by atoms with Gasteiger partial charge in [0.25, 0.3) is 5.91 Å². The summed E-state index contributed by atoms with van der Waals surface area (Å²) in [6.07, 6.45) is 1.81. The quantitative estimate of drug-likeness (QED) is 0.924. The molecule has 2 aliphatic rings. The van der Waals surface area contributed by atoms with Crippen molar-refractivity contribution in [2.75, 3.05) is 26.2 Å². The van der Waals surface area contributed by atoms with E-state index in [2.05, 4.69) is 5.32 Å². The normalized spacial score (nSPS) is 26.8. The van der Waals surface area contributed by atoms with Crippen molar-refractivity contribution in [1.82, 2.24) is 10.2 Å². The Morgan fingerprint density at radius 2 is 1.81 bits per heavy atom. The number of rotatable bonds is 3. The first-order chi connectivity index (χ1) is 10.2. The van der Waals surface area contributed by atoms with Gasteiger partial charge in [-0.1, -0.05) is 18.2 Å². The van der Waals surface area contributed by atoms with Crippen LogP contribution in [-0.4, -0.2) is 43.1 Å². The maximum atomic E-state index is 12.6. The second-order valence-corrected chi connectivity index (χ2v) is 6.15. The van der Waals surface area contributed by atoms with Crippen LogP contribution in [0.15, 0.2) is 30.3 Å². The lowest BCUT2D eigenvalue weighted by Crippen LogP contribution is -2.41. The highest BCUT2D eigenvalue weighted by Gasteiger charge is 2.32. The molecule has 0 radical (unpaired) electrons. The van der Waals surface area contributed by atoms with Crippen LogP contribution in [-0.2, 0) is 4.79 Å². The number of para-hydroxylation sites is 1. The van der Waals surface area contributed by atoms with E-state index in [0.717, 1.165) is 56.6 Å². The van der Waals surface area contributed by atoms with Gasteiger partial charge < -0.3 is 15.0 Å². The first-order valence-corrected chi connectivity index (χ1v) is 7.95. The first kappa shape index (κ1) is 14.4. The lowest BCUT2D eigenvalue weighted by molar-refractivity contribution is -0.137. The van der Waals surface area contributed by atoms with E-state index in [1.165, 1.54) is 0 Å². The molecule has 1 amide bonds. The zero-order valence-corrected chi connectivity index (χ0v) is 12.6. The molecule has 1 aromatic rings. The Morgan fingerprint density at radius 3 is 2.43 bits per heavy atom. The summed E-state index contributed by atoms with van der Waals surface area (Å²) in [5.41, 5.74) is 0. The lowest BCUT2D eigenvalue weighted by atomic mass is 9.92. The summed E-state index contributed by atoms with van der Waals surface area (Å²) in [6, 6.07) is 9.57. The van der Waals surface area contributed by atoms with E-state index in [9.17, 15) is 4.79 Å². The van der Waals surface area contributed by atoms with Crippen molar-refractivity contribution in [3.05, 3.63) is 30.3 Å². The molecule has 21 heavy (non-hydrogen) atoms. The maximum Gasteiger partial charge on any atom is 0.263 e. The smallest absolute Gasteiger partial charge is 0.263 e. The fourth-order valence-electron chi connectivity index (χ4n) is 3.45. The number of hydrogen-bond acceptors (Lipinski definition) is 3. The van der Waals surface area contributed by atoms with Crippen LogP contribution in [0, 0.1) is 11.8 Å². The van der Waals surface area contributed by atoms with Crippen molar-refractivity contribution < 1.29 is 9.53 Å². The molecular formula is C17H24N2O2. The minimum absolute atomic E-state index is 0.117. The molecule has 0 aromatic heterocycles. The predicted octanol–water partition coefficient (Wildman–Crippen LogP) is 1.91. The average Bonchev–Trinajstić information content (AvgIpc) is 2.86. The zero-order valence-electron chi connectivity index (χ0n) is 12.6. The van der Waals surface area contributed by atoms with E-state index < -0.39 is 6.10 Å². The number of benzene rings is 1. The number of nitrogens with zero attached hydrogens (tertiary/aromatic N) is 1. The minimum Gasteiger partial charge on any atom is -0.481 e. The van der Waals surface area contributed by atoms with Crippen molar-refractivity contribution >= 4 is 5.91 Å². The molecule has 0 aliphatic carbocycles. The second kappa shape index (κ2) is 6.48. The highest BCUT2D eigenvalue weighted by molar-refractivity contribution is 5.80. The number of nitrogens with one attached hydrogen (secondary N) is 1. The molecular weight excluding hydrogens is 264 g/mol. The number of fused-ring (bicyclic) bond motifs is 1. The van der Waals surface area contributed by atoms with Crippen molar-refractivity contribution in [3.8, 4) is 5.75 Å². The fraction of sp³-hybridized carbons (Fsp3) is 0.588. The molecule has 0 saturated carbocycles. The number of hydrogen-bond donors (Lipinski definition) is 1. The van der Waals surface area contributed by atoms with Crippen LogP contribution < -0.4 is 10.1 Å². The van der Waals surface area contributed by atoms with Crippen LogP contribution in [0.3, 0.4) is 0 Å². The molecule has 2 fully saturated rings. The summed E-state index contributed by atoms with van der Waals surface area (Å²) in [5.74, 6) is 2.36. The van der Waals surface area contributed by atoms with Gasteiger partial charge in [0.1, 0.15) is 5.75 Å². The van der Waals surface area contributed by atoms with Gasteiger partial charge in [0.05, 0.1) is 0 Å². The average molecular weight is 288 g/mol. The maximum absolute atomic E-state index is 12.6. The Bertz CT molecular complexity index is 463. The van der Waals surface area contributed by atoms with E-state index in [-0.39, 0.29) is 5.91 Å². The summed E-state index contributed by atoms with van der Waals surface area (Å²) in [5, 5.41) is 3.46. The molecule has 1 aromatic carbocycles. The molecule has 0 bridgehead atoms. The van der Waals surface area contributed by atoms with Crippen LogP contribution in [0.2, 0.25) is 0 Å². The molecule has 2 heterocycles. The number of amides is 1. The molecule has 114 valence electrons. The van der Waals surface area contributed by atoms with E-state index in [1.54, 1.807) is 0 Å². The molecule has 2 saturated heterocycles. The first-order valence-electron chi connectivity index (χ1n) is 7.95. The monoisotopic (exact) mass is 288 g/mol. The van der Waals surface area contributed by atoms with Crippen LogP contribution in [0.5, 0.6) is 5.75 Å². The van der Waals surface area contributed by atoms with Crippen molar-refractivity contribution in [2.45, 2.75) is 25.9 Å². The highest BCUT2D eigenvalue weighted by Crippen LogP contribution is 2.27. The molecule has 1 unspecified atom stereocenters. The Hall–Kier alpha value is -1.55. The molecule has 0 spiro atoms. The fourth-order valence-corrected chi connectivity index (χ4v) is 3.45. The summed E-state index contributed by atoms with van der Waals surface area (Å²) >= 11 is 0. The van der Waals surface area contributed by atoms with Crippen LogP contribution in [0.1, 0.15) is 19.8 Å². The Kier molecular flexibility index (Phi) is 4.44. The predicted molar refractivity (Wildman–Crippen MR) is 82.2 cm³/mol. The third-order valence-corrected chi connectivity index (χ3v) is 4.73. The molecule has 3 atom stereocenters. The standard InChI is InChI=1S/C17H24N2O2/c1-13(21-16-5-3-2-4-6-16)17(20)19-9-7-14-11-18-12-15(14)8-10-19/h2-6,13-15,18H,7-12H2,1H3/t13?,14-,15+. The topological polar surface area (TPSA) is 41.6 Å². The molecule has 2 aliphatic heterocycles. The van der Waals surface area contributed by atoms with Gasteiger partial charge in [0.15, 0.2) is 6.10 Å².